The van der Waals surface area contributed by atoms with Gasteiger partial charge in [-0.1, -0.05) is 23.7 Å². The zero-order valence-corrected chi connectivity index (χ0v) is 19.2. The second-order valence-electron chi connectivity index (χ2n) is 7.75. The summed E-state index contributed by atoms with van der Waals surface area (Å²) in [5.41, 5.74) is 2.03. The molecule has 168 valence electrons. The van der Waals surface area contributed by atoms with Crippen molar-refractivity contribution in [3.05, 3.63) is 59.2 Å². The molecule has 0 fully saturated rings. The fourth-order valence-corrected chi connectivity index (χ4v) is 4.09. The zero-order valence-electron chi connectivity index (χ0n) is 17.6. The number of pyridine rings is 1. The summed E-state index contributed by atoms with van der Waals surface area (Å²) in [6, 6.07) is 10.5. The summed E-state index contributed by atoms with van der Waals surface area (Å²) >= 11 is 6.19. The van der Waals surface area contributed by atoms with Gasteiger partial charge in [-0.05, 0) is 51.1 Å². The molecule has 0 unspecified atom stereocenters. The summed E-state index contributed by atoms with van der Waals surface area (Å²) in [4.78, 5) is 20.5. The Morgan fingerprint density at radius 2 is 1.94 bits per heavy atom. The highest BCUT2D eigenvalue weighted by Gasteiger charge is 2.20. The van der Waals surface area contributed by atoms with Crippen LogP contribution >= 0.6 is 11.6 Å². The van der Waals surface area contributed by atoms with Crippen molar-refractivity contribution in [2.75, 3.05) is 4.72 Å². The number of nitrogens with two attached hydrogens (primary N) is 1. The Balaban J connectivity index is 1.96. The quantitative estimate of drug-likeness (QED) is 0.162. The number of hydrogen-bond acceptors (Lipinski definition) is 7. The van der Waals surface area contributed by atoms with Crippen LogP contribution in [0.25, 0.3) is 10.8 Å². The lowest BCUT2D eigenvalue weighted by Crippen LogP contribution is -2.24. The van der Waals surface area contributed by atoms with Gasteiger partial charge in [-0.25, -0.2) is 29.0 Å². The lowest BCUT2D eigenvalue weighted by Gasteiger charge is -2.19. The molecule has 2 aromatic carbocycles. The Morgan fingerprint density at radius 1 is 1.19 bits per heavy atom. The Bertz CT molecular complexity index is 1300. The zero-order chi connectivity index (χ0) is 23.5. The van der Waals surface area contributed by atoms with Crippen molar-refractivity contribution in [1.29, 1.82) is 0 Å². The fourth-order valence-electron chi connectivity index (χ4n) is 2.80. The molecule has 1 aromatic heterocycles. The van der Waals surface area contributed by atoms with E-state index in [2.05, 4.69) is 20.1 Å². The van der Waals surface area contributed by atoms with Crippen molar-refractivity contribution in [2.24, 2.45) is 10.8 Å². The normalized spacial score (nSPS) is 12.2. The molecule has 0 saturated heterocycles. The van der Waals surface area contributed by atoms with Crippen molar-refractivity contribution in [2.45, 2.75) is 31.3 Å². The SMILES string of the molecule is CC(C)(C)OC(=O)c1cccc(NS(=O)(=O)c2ccc3c(Cl)cnc(N=CNN)c3c2)c1. The van der Waals surface area contributed by atoms with Crippen LogP contribution in [0.5, 0.6) is 0 Å². The number of esters is 1. The van der Waals surface area contributed by atoms with Crippen LogP contribution in [0.1, 0.15) is 31.1 Å². The second-order valence-corrected chi connectivity index (χ2v) is 9.84. The molecule has 3 aromatic rings. The first-order chi connectivity index (χ1) is 15.0. The van der Waals surface area contributed by atoms with Crippen LogP contribution < -0.4 is 16.0 Å². The summed E-state index contributed by atoms with van der Waals surface area (Å²) < 4.78 is 33.8. The monoisotopic (exact) mass is 475 g/mol. The number of aliphatic imine (C=N–C) groups is 1. The maximum atomic E-state index is 13.0. The van der Waals surface area contributed by atoms with E-state index in [1.54, 1.807) is 39.0 Å². The number of halogens is 1. The van der Waals surface area contributed by atoms with Crippen LogP contribution in [0.15, 0.2) is 58.5 Å². The topological polar surface area (TPSA) is 136 Å². The molecule has 0 bridgehead atoms. The molecular weight excluding hydrogens is 454 g/mol. The Labute approximate surface area is 190 Å². The van der Waals surface area contributed by atoms with Crippen LogP contribution in [0.2, 0.25) is 5.02 Å². The van der Waals surface area contributed by atoms with Crippen LogP contribution in [0.4, 0.5) is 11.5 Å². The molecule has 0 spiro atoms. The van der Waals surface area contributed by atoms with Crippen molar-refractivity contribution in [3.8, 4) is 0 Å². The van der Waals surface area contributed by atoms with Gasteiger partial charge in [0.25, 0.3) is 10.0 Å². The molecule has 3 rings (SSSR count). The first-order valence-corrected chi connectivity index (χ1v) is 11.3. The molecular formula is C21H22ClN5O4S. The van der Waals surface area contributed by atoms with E-state index in [9.17, 15) is 13.2 Å². The molecule has 0 amide bonds. The highest BCUT2D eigenvalue weighted by atomic mass is 35.5. The van der Waals surface area contributed by atoms with E-state index >= 15 is 0 Å². The second kappa shape index (κ2) is 9.11. The van der Waals surface area contributed by atoms with Gasteiger partial charge in [0.1, 0.15) is 11.9 Å². The summed E-state index contributed by atoms with van der Waals surface area (Å²) in [6.45, 7) is 5.25. The first-order valence-electron chi connectivity index (χ1n) is 9.43. The van der Waals surface area contributed by atoms with Crippen molar-refractivity contribution in [1.82, 2.24) is 10.4 Å². The van der Waals surface area contributed by atoms with E-state index in [0.717, 1.165) is 0 Å². The maximum absolute atomic E-state index is 13.0. The number of ether oxygens (including phenoxy) is 1. The van der Waals surface area contributed by atoms with E-state index in [-0.39, 0.29) is 22.0 Å². The van der Waals surface area contributed by atoms with Crippen molar-refractivity contribution in [3.63, 3.8) is 0 Å². The molecule has 0 saturated carbocycles. The predicted octanol–water partition coefficient (Wildman–Crippen LogP) is 3.77. The number of carbonyl (C=O) groups is 1. The number of sulfonamides is 1. The Morgan fingerprint density at radius 3 is 2.62 bits per heavy atom. The Kier molecular flexibility index (Phi) is 6.68. The number of aromatic nitrogens is 1. The fraction of sp³-hybridized carbons (Fsp3) is 0.190. The highest BCUT2D eigenvalue weighted by Crippen LogP contribution is 2.32. The van der Waals surface area contributed by atoms with E-state index in [1.165, 1.54) is 36.8 Å². The van der Waals surface area contributed by atoms with Crippen LogP contribution in [0, 0.1) is 0 Å². The number of carbonyl (C=O) groups excluding carboxylic acids is 1. The Hall–Kier alpha value is -3.21. The minimum Gasteiger partial charge on any atom is -0.456 e. The molecule has 4 N–H and O–H groups in total. The summed E-state index contributed by atoms with van der Waals surface area (Å²) in [5, 5.41) is 1.35. The third-order valence-electron chi connectivity index (χ3n) is 4.11. The van der Waals surface area contributed by atoms with E-state index in [1.807, 2.05) is 0 Å². The minimum absolute atomic E-state index is 0.0334. The number of hydrazine groups is 1. The molecule has 0 aliphatic heterocycles. The first kappa shape index (κ1) is 23.5. The van der Waals surface area contributed by atoms with E-state index in [0.29, 0.717) is 15.8 Å². The average molecular weight is 476 g/mol. The van der Waals surface area contributed by atoms with E-state index in [4.69, 9.17) is 22.2 Å². The standard InChI is InChI=1S/C21H22ClN5O4S/c1-21(2,3)31-20(28)13-5-4-6-14(9-13)27-32(29,30)15-7-8-16-17(10-15)19(25-12-26-23)24-11-18(16)22/h4-12,27H,23H2,1-3H3,(H,24,25,26). The van der Waals surface area contributed by atoms with Crippen LogP contribution in [-0.4, -0.2) is 31.3 Å². The summed E-state index contributed by atoms with van der Waals surface area (Å²) in [5.74, 6) is 4.90. The number of hydrogen-bond donors (Lipinski definition) is 3. The van der Waals surface area contributed by atoms with Crippen molar-refractivity contribution >= 4 is 56.2 Å². The number of rotatable bonds is 6. The minimum atomic E-state index is -4.00. The lowest BCUT2D eigenvalue weighted by atomic mass is 10.1. The van der Waals surface area contributed by atoms with E-state index < -0.39 is 21.6 Å². The number of nitrogens with one attached hydrogen (secondary N) is 2. The smallest absolute Gasteiger partial charge is 0.338 e. The predicted molar refractivity (Wildman–Crippen MR) is 125 cm³/mol. The lowest BCUT2D eigenvalue weighted by molar-refractivity contribution is 0.00695. The van der Waals surface area contributed by atoms with Gasteiger partial charge >= 0.3 is 5.97 Å². The summed E-state index contributed by atoms with van der Waals surface area (Å²) in [6.07, 6.45) is 2.64. The van der Waals surface area contributed by atoms with Gasteiger partial charge in [0.15, 0.2) is 5.82 Å². The van der Waals surface area contributed by atoms with Gasteiger partial charge in [0, 0.05) is 22.7 Å². The molecule has 0 aliphatic carbocycles. The molecule has 1 heterocycles. The third kappa shape index (κ3) is 5.52. The highest BCUT2D eigenvalue weighted by molar-refractivity contribution is 7.92. The largest absolute Gasteiger partial charge is 0.456 e. The van der Waals surface area contributed by atoms with Crippen LogP contribution in [0.3, 0.4) is 0 Å². The van der Waals surface area contributed by atoms with Gasteiger partial charge in [0.2, 0.25) is 0 Å². The molecule has 11 heteroatoms. The number of nitrogens with zero attached hydrogens (tertiary/aromatic N) is 2. The molecule has 0 radical (unpaired) electrons. The average Bonchev–Trinajstić information content (AvgIpc) is 2.72. The number of anilines is 1. The third-order valence-corrected chi connectivity index (χ3v) is 5.79. The summed E-state index contributed by atoms with van der Waals surface area (Å²) in [7, 11) is -4.00. The van der Waals surface area contributed by atoms with Gasteiger partial charge < -0.3 is 10.2 Å². The van der Waals surface area contributed by atoms with Gasteiger partial charge in [-0.2, -0.15) is 0 Å². The van der Waals surface area contributed by atoms with Crippen molar-refractivity contribution < 1.29 is 17.9 Å². The molecule has 0 aliphatic rings. The molecule has 9 nitrogen and oxygen atoms in total. The van der Waals surface area contributed by atoms with Gasteiger partial charge in [-0.3, -0.25) is 4.72 Å². The number of benzene rings is 2. The molecule has 0 atom stereocenters. The maximum Gasteiger partial charge on any atom is 0.338 e. The molecule has 32 heavy (non-hydrogen) atoms. The van der Waals surface area contributed by atoms with Crippen LogP contribution in [-0.2, 0) is 14.8 Å². The van der Waals surface area contributed by atoms with Gasteiger partial charge in [0.05, 0.1) is 15.5 Å². The van der Waals surface area contributed by atoms with Gasteiger partial charge in [-0.15, -0.1) is 0 Å². The number of fused-ring (bicyclic) bond motifs is 1.